The number of ether oxygens (including phenoxy) is 1. The van der Waals surface area contributed by atoms with Gasteiger partial charge in [-0.2, -0.15) is 0 Å². The number of carbonyl (C=O) groups excluding carboxylic acids is 3. The Bertz CT molecular complexity index is 1140. The summed E-state index contributed by atoms with van der Waals surface area (Å²) >= 11 is 5.89. The lowest BCUT2D eigenvalue weighted by atomic mass is 10.1. The van der Waals surface area contributed by atoms with Crippen LogP contribution in [0.5, 0.6) is 5.75 Å². The van der Waals surface area contributed by atoms with Crippen molar-refractivity contribution in [1.29, 1.82) is 0 Å². The number of aryl methyl sites for hydroxylation is 1. The first-order valence-electron chi connectivity index (χ1n) is 8.52. The lowest BCUT2D eigenvalue weighted by Crippen LogP contribution is -2.29. The van der Waals surface area contributed by atoms with Crippen LogP contribution in [0.1, 0.15) is 36.6 Å². The summed E-state index contributed by atoms with van der Waals surface area (Å²) in [7, 11) is 0. The Balaban J connectivity index is 1.65. The molecule has 0 aromatic heterocycles. The van der Waals surface area contributed by atoms with Gasteiger partial charge < -0.3 is 4.74 Å². The maximum Gasteiger partial charge on any atom is 0.343 e. The van der Waals surface area contributed by atoms with Gasteiger partial charge in [0.1, 0.15) is 5.75 Å². The van der Waals surface area contributed by atoms with Crippen molar-refractivity contribution >= 4 is 35.1 Å². The van der Waals surface area contributed by atoms with Gasteiger partial charge in [0.05, 0.1) is 22.4 Å². The molecule has 0 N–H and O–H groups in total. The fraction of sp³-hybridized carbons (Fsp3) is 0.0455. The molecular formula is C22H14ClNO4. The maximum atomic E-state index is 12.9. The number of hydrogen-bond donors (Lipinski definition) is 0. The molecule has 0 aliphatic carbocycles. The number of para-hydroxylation sites is 1. The van der Waals surface area contributed by atoms with E-state index in [0.717, 1.165) is 10.5 Å². The predicted molar refractivity (Wildman–Crippen MR) is 105 cm³/mol. The van der Waals surface area contributed by atoms with Crippen LogP contribution in [0, 0.1) is 6.92 Å². The van der Waals surface area contributed by atoms with Crippen molar-refractivity contribution in [3.63, 3.8) is 0 Å². The molecule has 3 aromatic rings. The van der Waals surface area contributed by atoms with Gasteiger partial charge in [0.15, 0.2) is 0 Å². The van der Waals surface area contributed by atoms with Gasteiger partial charge in [-0.15, -0.1) is 0 Å². The Kier molecular flexibility index (Phi) is 4.45. The number of halogens is 1. The minimum atomic E-state index is -0.639. The number of fused-ring (bicyclic) bond motifs is 1. The molecule has 1 heterocycles. The normalized spacial score (nSPS) is 12.9. The molecule has 4 rings (SSSR count). The first-order chi connectivity index (χ1) is 13.5. The highest BCUT2D eigenvalue weighted by molar-refractivity contribution is 6.35. The average molecular weight is 392 g/mol. The Labute approximate surface area is 166 Å². The number of carbonyl (C=O) groups is 3. The van der Waals surface area contributed by atoms with Gasteiger partial charge in [0, 0.05) is 5.02 Å². The summed E-state index contributed by atoms with van der Waals surface area (Å²) < 4.78 is 5.30. The van der Waals surface area contributed by atoms with Crippen molar-refractivity contribution < 1.29 is 19.1 Å². The summed E-state index contributed by atoms with van der Waals surface area (Å²) in [6.45, 7) is 1.83. The quantitative estimate of drug-likeness (QED) is 0.370. The van der Waals surface area contributed by atoms with Crippen LogP contribution in [0.3, 0.4) is 0 Å². The molecule has 3 aromatic carbocycles. The summed E-state index contributed by atoms with van der Waals surface area (Å²) in [5, 5.41) is 0.439. The lowest BCUT2D eigenvalue weighted by molar-refractivity contribution is 0.0734. The highest BCUT2D eigenvalue weighted by Gasteiger charge is 2.37. The number of amides is 2. The van der Waals surface area contributed by atoms with E-state index in [1.54, 1.807) is 30.3 Å². The van der Waals surface area contributed by atoms with E-state index < -0.39 is 17.8 Å². The molecule has 0 saturated carbocycles. The molecular weight excluding hydrogens is 378 g/mol. The Morgan fingerprint density at radius 3 is 2.39 bits per heavy atom. The number of esters is 1. The molecule has 0 atom stereocenters. The third kappa shape index (κ3) is 3.06. The van der Waals surface area contributed by atoms with Crippen molar-refractivity contribution in [3.8, 4) is 5.75 Å². The van der Waals surface area contributed by atoms with Crippen molar-refractivity contribution in [2.75, 3.05) is 4.90 Å². The van der Waals surface area contributed by atoms with Crippen LogP contribution in [-0.2, 0) is 0 Å². The molecule has 138 valence electrons. The smallest absolute Gasteiger partial charge is 0.343 e. The summed E-state index contributed by atoms with van der Waals surface area (Å²) in [5.41, 5.74) is 1.93. The molecule has 28 heavy (non-hydrogen) atoms. The highest BCUT2D eigenvalue weighted by Crippen LogP contribution is 2.31. The molecule has 0 bridgehead atoms. The van der Waals surface area contributed by atoms with E-state index in [1.807, 2.05) is 19.1 Å². The molecule has 0 radical (unpaired) electrons. The fourth-order valence-corrected chi connectivity index (χ4v) is 3.28. The Morgan fingerprint density at radius 2 is 1.64 bits per heavy atom. The fourth-order valence-electron chi connectivity index (χ4n) is 3.10. The molecule has 5 nitrogen and oxygen atoms in total. The third-order valence-corrected chi connectivity index (χ3v) is 4.72. The lowest BCUT2D eigenvalue weighted by Gasteiger charge is -2.16. The standard InChI is InChI=1S/C22H14ClNO4/c1-13-5-2-3-8-19(13)24-20(25)17-10-9-14(11-18(17)21(24)26)22(27)28-16-7-4-6-15(23)12-16/h2-12H,1H3. The van der Waals surface area contributed by atoms with Crippen LogP contribution in [0.15, 0.2) is 66.7 Å². The summed E-state index contributed by atoms with van der Waals surface area (Å²) in [5.74, 6) is -1.22. The number of hydrogen-bond acceptors (Lipinski definition) is 4. The molecule has 1 aliphatic rings. The minimum absolute atomic E-state index is 0.173. The first kappa shape index (κ1) is 17.9. The molecule has 0 unspecified atom stereocenters. The summed E-state index contributed by atoms with van der Waals surface area (Å²) in [6, 6.07) is 17.9. The van der Waals surface area contributed by atoms with E-state index in [9.17, 15) is 14.4 Å². The van der Waals surface area contributed by atoms with E-state index >= 15 is 0 Å². The van der Waals surface area contributed by atoms with Gasteiger partial charge >= 0.3 is 5.97 Å². The number of benzene rings is 3. The zero-order valence-electron chi connectivity index (χ0n) is 14.8. The number of rotatable bonds is 3. The SMILES string of the molecule is Cc1ccccc1N1C(=O)c2ccc(C(=O)Oc3cccc(Cl)c3)cc2C1=O. The molecule has 0 saturated heterocycles. The molecule has 2 amide bonds. The van der Waals surface area contributed by atoms with Crippen LogP contribution in [0.25, 0.3) is 0 Å². The van der Waals surface area contributed by atoms with E-state index in [4.69, 9.17) is 16.3 Å². The number of imide groups is 1. The van der Waals surface area contributed by atoms with Crippen LogP contribution >= 0.6 is 11.6 Å². The van der Waals surface area contributed by atoms with Crippen molar-refractivity contribution in [3.05, 3.63) is 94.0 Å². The Hall–Kier alpha value is -3.44. The predicted octanol–water partition coefficient (Wildman–Crippen LogP) is 4.67. The van der Waals surface area contributed by atoms with E-state index in [0.29, 0.717) is 16.5 Å². The zero-order valence-corrected chi connectivity index (χ0v) is 15.6. The van der Waals surface area contributed by atoms with E-state index in [2.05, 4.69) is 0 Å². The van der Waals surface area contributed by atoms with Gasteiger partial charge in [-0.25, -0.2) is 9.69 Å². The second kappa shape index (κ2) is 6.94. The van der Waals surface area contributed by atoms with Gasteiger partial charge in [0.25, 0.3) is 11.8 Å². The van der Waals surface area contributed by atoms with Crippen LogP contribution < -0.4 is 9.64 Å². The minimum Gasteiger partial charge on any atom is -0.423 e. The van der Waals surface area contributed by atoms with Gasteiger partial charge in [-0.05, 0) is 55.0 Å². The van der Waals surface area contributed by atoms with Gasteiger partial charge in [0.2, 0.25) is 0 Å². The van der Waals surface area contributed by atoms with Crippen LogP contribution in [0.2, 0.25) is 5.02 Å². The zero-order chi connectivity index (χ0) is 19.8. The average Bonchev–Trinajstić information content (AvgIpc) is 2.92. The number of anilines is 1. The third-order valence-electron chi connectivity index (χ3n) is 4.49. The van der Waals surface area contributed by atoms with Gasteiger partial charge in [-0.1, -0.05) is 35.9 Å². The number of nitrogens with zero attached hydrogens (tertiary/aromatic N) is 1. The highest BCUT2D eigenvalue weighted by atomic mass is 35.5. The molecule has 6 heteroatoms. The molecule has 0 fully saturated rings. The first-order valence-corrected chi connectivity index (χ1v) is 8.90. The Morgan fingerprint density at radius 1 is 0.893 bits per heavy atom. The van der Waals surface area contributed by atoms with Crippen molar-refractivity contribution in [2.45, 2.75) is 6.92 Å². The molecule has 0 spiro atoms. The second-order valence-corrected chi connectivity index (χ2v) is 6.78. The van der Waals surface area contributed by atoms with Gasteiger partial charge in [-0.3, -0.25) is 9.59 Å². The largest absolute Gasteiger partial charge is 0.423 e. The topological polar surface area (TPSA) is 63.7 Å². The summed E-state index contributed by atoms with van der Waals surface area (Å²) in [6.07, 6.45) is 0. The maximum absolute atomic E-state index is 12.9. The monoisotopic (exact) mass is 391 g/mol. The van der Waals surface area contributed by atoms with Crippen molar-refractivity contribution in [2.24, 2.45) is 0 Å². The van der Waals surface area contributed by atoms with E-state index in [1.165, 1.54) is 24.3 Å². The molecule has 1 aliphatic heterocycles. The second-order valence-electron chi connectivity index (χ2n) is 6.34. The van der Waals surface area contributed by atoms with Crippen LogP contribution in [-0.4, -0.2) is 17.8 Å². The van der Waals surface area contributed by atoms with Crippen molar-refractivity contribution in [1.82, 2.24) is 0 Å². The van der Waals surface area contributed by atoms with E-state index in [-0.39, 0.29) is 16.7 Å². The summed E-state index contributed by atoms with van der Waals surface area (Å²) in [4.78, 5) is 39.2. The van der Waals surface area contributed by atoms with Crippen LogP contribution in [0.4, 0.5) is 5.69 Å².